The molecule has 0 aliphatic heterocycles. The second kappa shape index (κ2) is 8.06. The quantitative estimate of drug-likeness (QED) is 0.815. The molecule has 2 aromatic carbocycles. The molecule has 4 heteroatoms. The van der Waals surface area contributed by atoms with Gasteiger partial charge in [0.15, 0.2) is 0 Å². The van der Waals surface area contributed by atoms with E-state index < -0.39 is 16.0 Å². The first-order chi connectivity index (χ1) is 11.0. The SMILES string of the molecule is Cc1ccccc1C[S@](=O)[C@@H](C)C(=O)N(C)Cc1ccccc1. The average Bonchev–Trinajstić information content (AvgIpc) is 2.56. The van der Waals surface area contributed by atoms with Crippen molar-refractivity contribution in [2.45, 2.75) is 31.4 Å². The van der Waals surface area contributed by atoms with Crippen molar-refractivity contribution in [1.82, 2.24) is 4.90 Å². The molecule has 0 N–H and O–H groups in total. The van der Waals surface area contributed by atoms with E-state index in [1.54, 1.807) is 18.9 Å². The molecule has 0 spiro atoms. The minimum absolute atomic E-state index is 0.0826. The first-order valence-electron chi connectivity index (χ1n) is 7.69. The zero-order valence-corrected chi connectivity index (χ0v) is 14.7. The number of rotatable bonds is 6. The summed E-state index contributed by atoms with van der Waals surface area (Å²) in [6.45, 7) is 4.28. The standard InChI is InChI=1S/C19H23NO2S/c1-15-9-7-8-12-18(15)14-23(22)16(2)19(21)20(3)13-17-10-5-4-6-11-17/h4-12,16H,13-14H2,1-3H3/t16-,23-/m0/s1. The normalized spacial score (nSPS) is 13.3. The van der Waals surface area contributed by atoms with Gasteiger partial charge in [-0.3, -0.25) is 9.00 Å². The van der Waals surface area contributed by atoms with Gasteiger partial charge in [0.1, 0.15) is 5.25 Å². The summed E-state index contributed by atoms with van der Waals surface area (Å²) in [7, 11) is 0.535. The van der Waals surface area contributed by atoms with Crippen LogP contribution in [0.5, 0.6) is 0 Å². The molecule has 2 rings (SSSR count). The van der Waals surface area contributed by atoms with Gasteiger partial charge in [-0.2, -0.15) is 0 Å². The second-order valence-electron chi connectivity index (χ2n) is 5.77. The maximum absolute atomic E-state index is 12.5. The Morgan fingerprint density at radius 1 is 1.09 bits per heavy atom. The van der Waals surface area contributed by atoms with Crippen molar-refractivity contribution in [2.24, 2.45) is 0 Å². The van der Waals surface area contributed by atoms with Crippen LogP contribution in [0.1, 0.15) is 23.6 Å². The van der Waals surface area contributed by atoms with Gasteiger partial charge in [0, 0.05) is 30.1 Å². The van der Waals surface area contributed by atoms with Crippen LogP contribution in [0, 0.1) is 6.92 Å². The zero-order valence-electron chi connectivity index (χ0n) is 13.9. The maximum Gasteiger partial charge on any atom is 0.238 e. The molecular formula is C19H23NO2S. The number of amides is 1. The number of hydrogen-bond acceptors (Lipinski definition) is 2. The van der Waals surface area contributed by atoms with Crippen LogP contribution in [-0.4, -0.2) is 27.3 Å². The van der Waals surface area contributed by atoms with Crippen LogP contribution >= 0.6 is 0 Å². The highest BCUT2D eigenvalue weighted by Crippen LogP contribution is 2.14. The molecule has 0 aromatic heterocycles. The summed E-state index contributed by atoms with van der Waals surface area (Å²) in [5.74, 6) is 0.333. The molecule has 3 nitrogen and oxygen atoms in total. The fourth-order valence-corrected chi connectivity index (χ4v) is 3.69. The largest absolute Gasteiger partial charge is 0.340 e. The van der Waals surface area contributed by atoms with E-state index >= 15 is 0 Å². The fourth-order valence-electron chi connectivity index (χ4n) is 2.41. The summed E-state index contributed by atoms with van der Waals surface area (Å²) in [6, 6.07) is 17.7. The lowest BCUT2D eigenvalue weighted by Crippen LogP contribution is -2.37. The Kier molecular flexibility index (Phi) is 6.11. The first kappa shape index (κ1) is 17.4. The van der Waals surface area contributed by atoms with Crippen molar-refractivity contribution in [3.8, 4) is 0 Å². The molecule has 0 fully saturated rings. The summed E-state index contributed by atoms with van der Waals surface area (Å²) in [5, 5.41) is -0.511. The summed E-state index contributed by atoms with van der Waals surface area (Å²) in [4.78, 5) is 14.1. The lowest BCUT2D eigenvalue weighted by atomic mass is 10.1. The molecule has 0 unspecified atom stereocenters. The molecule has 2 aromatic rings. The molecule has 1 amide bonds. The van der Waals surface area contributed by atoms with Gasteiger partial charge in [-0.15, -0.1) is 0 Å². The molecule has 0 bridgehead atoms. The molecular weight excluding hydrogens is 306 g/mol. The van der Waals surface area contributed by atoms with Crippen molar-refractivity contribution in [1.29, 1.82) is 0 Å². The Morgan fingerprint density at radius 2 is 1.70 bits per heavy atom. The molecule has 0 heterocycles. The Labute approximate surface area is 140 Å². The molecule has 0 saturated heterocycles. The van der Waals surface area contributed by atoms with E-state index in [2.05, 4.69) is 0 Å². The van der Waals surface area contributed by atoms with Crippen LogP contribution in [-0.2, 0) is 27.9 Å². The van der Waals surface area contributed by atoms with Crippen LogP contribution < -0.4 is 0 Å². The van der Waals surface area contributed by atoms with Gasteiger partial charge in [-0.1, -0.05) is 54.6 Å². The van der Waals surface area contributed by atoms with Crippen LogP contribution in [0.4, 0.5) is 0 Å². The molecule has 0 saturated carbocycles. The Hall–Kier alpha value is -1.94. The van der Waals surface area contributed by atoms with Crippen molar-refractivity contribution in [3.63, 3.8) is 0 Å². The Bertz CT molecular complexity index is 685. The first-order valence-corrected chi connectivity index (χ1v) is 9.08. The summed E-state index contributed by atoms with van der Waals surface area (Å²) >= 11 is 0. The van der Waals surface area contributed by atoms with Gasteiger partial charge in [0.05, 0.1) is 0 Å². The van der Waals surface area contributed by atoms with Gasteiger partial charge >= 0.3 is 0 Å². The third-order valence-electron chi connectivity index (χ3n) is 3.94. The van der Waals surface area contributed by atoms with Crippen LogP contribution in [0.25, 0.3) is 0 Å². The van der Waals surface area contributed by atoms with Gasteiger partial charge < -0.3 is 4.90 Å². The van der Waals surface area contributed by atoms with Crippen molar-refractivity contribution < 1.29 is 9.00 Å². The topological polar surface area (TPSA) is 37.4 Å². The van der Waals surface area contributed by atoms with Crippen LogP contribution in [0.2, 0.25) is 0 Å². The smallest absolute Gasteiger partial charge is 0.238 e. The van der Waals surface area contributed by atoms with E-state index in [0.29, 0.717) is 12.3 Å². The Morgan fingerprint density at radius 3 is 2.35 bits per heavy atom. The highest BCUT2D eigenvalue weighted by molar-refractivity contribution is 7.85. The predicted octanol–water partition coefficient (Wildman–Crippen LogP) is 3.29. The van der Waals surface area contributed by atoms with Gasteiger partial charge in [-0.05, 0) is 30.5 Å². The van der Waals surface area contributed by atoms with Gasteiger partial charge in [0.2, 0.25) is 5.91 Å². The second-order valence-corrected chi connectivity index (χ2v) is 7.53. The van der Waals surface area contributed by atoms with E-state index in [-0.39, 0.29) is 5.91 Å². The molecule has 2 atom stereocenters. The highest BCUT2D eigenvalue weighted by Gasteiger charge is 2.23. The maximum atomic E-state index is 12.5. The molecule has 122 valence electrons. The summed E-state index contributed by atoms with van der Waals surface area (Å²) < 4.78 is 12.5. The predicted molar refractivity (Wildman–Crippen MR) is 95.4 cm³/mol. The molecule has 23 heavy (non-hydrogen) atoms. The number of nitrogens with zero attached hydrogens (tertiary/aromatic N) is 1. The van der Waals surface area contributed by atoms with Crippen molar-refractivity contribution in [3.05, 3.63) is 71.3 Å². The third-order valence-corrected chi connectivity index (χ3v) is 5.53. The highest BCUT2D eigenvalue weighted by atomic mass is 32.2. The fraction of sp³-hybridized carbons (Fsp3) is 0.316. The lowest BCUT2D eigenvalue weighted by molar-refractivity contribution is -0.129. The van der Waals surface area contributed by atoms with Gasteiger partial charge in [0.25, 0.3) is 0 Å². The average molecular weight is 329 g/mol. The number of carbonyl (C=O) groups is 1. The summed E-state index contributed by atoms with van der Waals surface area (Å²) in [6.07, 6.45) is 0. The van der Waals surface area contributed by atoms with Crippen LogP contribution in [0.15, 0.2) is 54.6 Å². The minimum Gasteiger partial charge on any atom is -0.340 e. The van der Waals surface area contributed by atoms with E-state index in [4.69, 9.17) is 0 Å². The molecule has 0 radical (unpaired) electrons. The number of carbonyl (C=O) groups excluding carboxylic acids is 1. The molecule has 0 aliphatic rings. The van der Waals surface area contributed by atoms with E-state index in [1.807, 2.05) is 61.5 Å². The number of benzene rings is 2. The number of hydrogen-bond donors (Lipinski definition) is 0. The van der Waals surface area contributed by atoms with E-state index in [1.165, 1.54) is 0 Å². The van der Waals surface area contributed by atoms with E-state index in [0.717, 1.165) is 16.7 Å². The van der Waals surface area contributed by atoms with Crippen LogP contribution in [0.3, 0.4) is 0 Å². The van der Waals surface area contributed by atoms with E-state index in [9.17, 15) is 9.00 Å². The van der Waals surface area contributed by atoms with Gasteiger partial charge in [-0.25, -0.2) is 0 Å². The lowest BCUT2D eigenvalue weighted by Gasteiger charge is -2.21. The molecule has 0 aliphatic carbocycles. The summed E-state index contributed by atoms with van der Waals surface area (Å²) in [5.41, 5.74) is 3.22. The number of aryl methyl sites for hydroxylation is 1. The Balaban J connectivity index is 1.98. The zero-order chi connectivity index (χ0) is 16.8. The monoisotopic (exact) mass is 329 g/mol. The third kappa shape index (κ3) is 4.76. The minimum atomic E-state index is -1.23. The van der Waals surface area contributed by atoms with Crippen molar-refractivity contribution in [2.75, 3.05) is 7.05 Å². The van der Waals surface area contributed by atoms with Crippen molar-refractivity contribution >= 4 is 16.7 Å².